The van der Waals surface area contributed by atoms with E-state index in [2.05, 4.69) is 0 Å². The Kier molecular flexibility index (Phi) is 3.83. The summed E-state index contributed by atoms with van der Waals surface area (Å²) in [6, 6.07) is 6.75. The molecule has 1 aromatic rings. The third-order valence-electron chi connectivity index (χ3n) is 4.80. The van der Waals surface area contributed by atoms with E-state index in [1.807, 2.05) is 11.0 Å². The van der Waals surface area contributed by atoms with E-state index in [-0.39, 0.29) is 11.7 Å². The highest BCUT2D eigenvalue weighted by molar-refractivity contribution is 5.95. The summed E-state index contributed by atoms with van der Waals surface area (Å²) >= 11 is 0. The Morgan fingerprint density at radius 1 is 1.19 bits per heavy atom. The van der Waals surface area contributed by atoms with Crippen molar-refractivity contribution in [3.8, 4) is 11.8 Å². The quantitative estimate of drug-likeness (QED) is 0.907. The lowest BCUT2D eigenvalue weighted by atomic mass is 9.95. The summed E-state index contributed by atoms with van der Waals surface area (Å²) in [7, 11) is 0. The first-order valence-electron chi connectivity index (χ1n) is 7.74. The van der Waals surface area contributed by atoms with Gasteiger partial charge in [0, 0.05) is 18.2 Å². The first kappa shape index (κ1) is 13.9. The van der Waals surface area contributed by atoms with Crippen molar-refractivity contribution in [1.29, 1.82) is 5.26 Å². The molecule has 0 bridgehead atoms. The number of nitriles is 1. The summed E-state index contributed by atoms with van der Waals surface area (Å²) in [6.07, 6.45) is 7.12. The Bertz CT molecular complexity index is 585. The molecule has 1 saturated heterocycles. The van der Waals surface area contributed by atoms with Crippen LogP contribution in [-0.2, 0) is 0 Å². The highest BCUT2D eigenvalue weighted by Crippen LogP contribution is 2.36. The van der Waals surface area contributed by atoms with Gasteiger partial charge in [-0.15, -0.1) is 0 Å². The summed E-state index contributed by atoms with van der Waals surface area (Å²) in [5, 5.41) is 18.6. The Labute approximate surface area is 125 Å². The number of benzene rings is 1. The maximum atomic E-state index is 12.7. The molecule has 1 N–H and O–H groups in total. The van der Waals surface area contributed by atoms with Crippen LogP contribution in [0.2, 0.25) is 0 Å². The summed E-state index contributed by atoms with van der Waals surface area (Å²) in [5.41, 5.74) is 0.756. The molecule has 2 fully saturated rings. The molecular formula is C17H20N2O2. The lowest BCUT2D eigenvalue weighted by molar-refractivity contribution is 0.0688. The van der Waals surface area contributed by atoms with Crippen LogP contribution in [-0.4, -0.2) is 28.5 Å². The van der Waals surface area contributed by atoms with Crippen molar-refractivity contribution in [3.63, 3.8) is 0 Å². The maximum absolute atomic E-state index is 12.7. The molecule has 1 aliphatic carbocycles. The van der Waals surface area contributed by atoms with E-state index in [0.717, 1.165) is 19.4 Å². The van der Waals surface area contributed by atoms with Gasteiger partial charge in [0.2, 0.25) is 0 Å². The SMILES string of the molecule is N#Cc1cc(O)cc(C(=O)N2CCC[C@@H]2C2CCCC2)c1. The van der Waals surface area contributed by atoms with Gasteiger partial charge in [0.25, 0.3) is 5.91 Å². The van der Waals surface area contributed by atoms with Gasteiger partial charge in [-0.1, -0.05) is 12.8 Å². The highest BCUT2D eigenvalue weighted by Gasteiger charge is 2.36. The zero-order chi connectivity index (χ0) is 14.8. The molecule has 1 aromatic carbocycles. The summed E-state index contributed by atoms with van der Waals surface area (Å²) < 4.78 is 0. The van der Waals surface area contributed by atoms with E-state index < -0.39 is 0 Å². The minimum absolute atomic E-state index is 0.0194. The number of carbonyl (C=O) groups is 1. The lowest BCUT2D eigenvalue weighted by Crippen LogP contribution is -2.39. The molecule has 1 amide bonds. The largest absolute Gasteiger partial charge is 0.508 e. The summed E-state index contributed by atoms with van der Waals surface area (Å²) in [4.78, 5) is 14.7. The van der Waals surface area contributed by atoms with E-state index in [1.165, 1.54) is 37.8 Å². The molecule has 0 radical (unpaired) electrons. The van der Waals surface area contributed by atoms with Gasteiger partial charge in [0.1, 0.15) is 5.75 Å². The van der Waals surface area contributed by atoms with Crippen LogP contribution in [0, 0.1) is 17.2 Å². The standard InChI is InChI=1S/C17H20N2O2/c18-11-12-8-14(10-15(20)9-12)17(21)19-7-3-6-16(19)13-4-1-2-5-13/h8-10,13,16,20H,1-7H2/t16-/m1/s1. The van der Waals surface area contributed by atoms with Crippen LogP contribution in [0.15, 0.2) is 18.2 Å². The molecule has 4 nitrogen and oxygen atoms in total. The fraction of sp³-hybridized carbons (Fsp3) is 0.529. The van der Waals surface area contributed by atoms with E-state index in [9.17, 15) is 9.90 Å². The van der Waals surface area contributed by atoms with Crippen LogP contribution in [0.5, 0.6) is 5.75 Å². The van der Waals surface area contributed by atoms with Gasteiger partial charge in [0.05, 0.1) is 11.6 Å². The van der Waals surface area contributed by atoms with Gasteiger partial charge in [-0.3, -0.25) is 4.79 Å². The number of hydrogen-bond acceptors (Lipinski definition) is 3. The number of amides is 1. The second kappa shape index (κ2) is 5.77. The van der Waals surface area contributed by atoms with E-state index in [1.54, 1.807) is 6.07 Å². The van der Waals surface area contributed by atoms with Crippen molar-refractivity contribution in [1.82, 2.24) is 4.90 Å². The molecule has 4 heteroatoms. The van der Waals surface area contributed by atoms with Crippen LogP contribution in [0.3, 0.4) is 0 Å². The Morgan fingerprint density at radius 2 is 1.95 bits per heavy atom. The van der Waals surface area contributed by atoms with E-state index >= 15 is 0 Å². The number of likely N-dealkylation sites (tertiary alicyclic amines) is 1. The minimum Gasteiger partial charge on any atom is -0.508 e. The normalized spacial score (nSPS) is 22.4. The number of carbonyl (C=O) groups excluding carboxylic acids is 1. The van der Waals surface area contributed by atoms with Gasteiger partial charge >= 0.3 is 0 Å². The fourth-order valence-corrected chi connectivity index (χ4v) is 3.84. The topological polar surface area (TPSA) is 64.3 Å². The van der Waals surface area contributed by atoms with E-state index in [0.29, 0.717) is 23.1 Å². The molecule has 110 valence electrons. The van der Waals surface area contributed by atoms with Crippen molar-refractivity contribution in [3.05, 3.63) is 29.3 Å². The third kappa shape index (κ3) is 2.73. The third-order valence-corrected chi connectivity index (χ3v) is 4.80. The molecule has 1 atom stereocenters. The first-order chi connectivity index (χ1) is 10.2. The van der Waals surface area contributed by atoms with Crippen molar-refractivity contribution in [2.75, 3.05) is 6.54 Å². The monoisotopic (exact) mass is 284 g/mol. The first-order valence-corrected chi connectivity index (χ1v) is 7.74. The molecule has 21 heavy (non-hydrogen) atoms. The van der Waals surface area contributed by atoms with Gasteiger partial charge in [-0.2, -0.15) is 5.26 Å². The fourth-order valence-electron chi connectivity index (χ4n) is 3.84. The van der Waals surface area contributed by atoms with Crippen molar-refractivity contribution >= 4 is 5.91 Å². The number of nitrogens with zero attached hydrogens (tertiary/aromatic N) is 2. The number of hydrogen-bond donors (Lipinski definition) is 1. The predicted molar refractivity (Wildman–Crippen MR) is 78.8 cm³/mol. The summed E-state index contributed by atoms with van der Waals surface area (Å²) in [6.45, 7) is 0.789. The molecule has 1 aliphatic heterocycles. The second-order valence-corrected chi connectivity index (χ2v) is 6.13. The smallest absolute Gasteiger partial charge is 0.254 e. The maximum Gasteiger partial charge on any atom is 0.254 e. The van der Waals surface area contributed by atoms with E-state index in [4.69, 9.17) is 5.26 Å². The van der Waals surface area contributed by atoms with Crippen molar-refractivity contribution < 1.29 is 9.90 Å². The number of phenolic OH excluding ortho intramolecular Hbond substituents is 1. The van der Waals surface area contributed by atoms with Crippen LogP contribution < -0.4 is 0 Å². The molecule has 3 rings (SSSR count). The Balaban J connectivity index is 1.83. The molecule has 1 saturated carbocycles. The predicted octanol–water partition coefficient (Wildman–Crippen LogP) is 3.06. The average Bonchev–Trinajstić information content (AvgIpc) is 3.16. The summed E-state index contributed by atoms with van der Waals surface area (Å²) in [5.74, 6) is 0.565. The van der Waals surface area contributed by atoms with Crippen LogP contribution in [0.25, 0.3) is 0 Å². The molecule has 0 aromatic heterocycles. The van der Waals surface area contributed by atoms with Crippen LogP contribution in [0.4, 0.5) is 0 Å². The Morgan fingerprint density at radius 3 is 2.67 bits per heavy atom. The molecule has 0 spiro atoms. The van der Waals surface area contributed by atoms with Crippen LogP contribution in [0.1, 0.15) is 54.4 Å². The number of rotatable bonds is 2. The molecule has 2 aliphatic rings. The molecule has 0 unspecified atom stereocenters. The molecular weight excluding hydrogens is 264 g/mol. The number of aromatic hydroxyl groups is 1. The van der Waals surface area contributed by atoms with Gasteiger partial charge < -0.3 is 10.0 Å². The average molecular weight is 284 g/mol. The molecule has 1 heterocycles. The highest BCUT2D eigenvalue weighted by atomic mass is 16.3. The van der Waals surface area contributed by atoms with Gasteiger partial charge in [-0.25, -0.2) is 0 Å². The zero-order valence-corrected chi connectivity index (χ0v) is 12.1. The van der Waals surface area contributed by atoms with Crippen molar-refractivity contribution in [2.24, 2.45) is 5.92 Å². The van der Waals surface area contributed by atoms with Crippen molar-refractivity contribution in [2.45, 2.75) is 44.6 Å². The Hall–Kier alpha value is -2.02. The lowest BCUT2D eigenvalue weighted by Gasteiger charge is -2.29. The number of phenols is 1. The van der Waals surface area contributed by atoms with Gasteiger partial charge in [0.15, 0.2) is 0 Å². The minimum atomic E-state index is -0.0446. The van der Waals surface area contributed by atoms with Crippen LogP contribution >= 0.6 is 0 Å². The van der Waals surface area contributed by atoms with Gasteiger partial charge in [-0.05, 0) is 49.8 Å². The second-order valence-electron chi connectivity index (χ2n) is 6.13. The zero-order valence-electron chi connectivity index (χ0n) is 12.1.